The van der Waals surface area contributed by atoms with Crippen LogP contribution in [0, 0.1) is 0 Å². The van der Waals surface area contributed by atoms with Crippen molar-refractivity contribution >= 4 is 21.4 Å². The smallest absolute Gasteiger partial charge is 0.278 e. The largest absolute Gasteiger partial charge is 0.381 e. The fourth-order valence-electron chi connectivity index (χ4n) is 2.69. The SMILES string of the molecule is COC1CCN(c2ccc(NS(=O)(=O)c3cnc[nH]3)cc2)CC1. The summed E-state index contributed by atoms with van der Waals surface area (Å²) < 4.78 is 32.1. The van der Waals surface area contributed by atoms with Gasteiger partial charge in [0, 0.05) is 31.6 Å². The fraction of sp³-hybridized carbons (Fsp3) is 0.400. The third-order valence-corrected chi connectivity index (χ3v) is 5.33. The highest BCUT2D eigenvalue weighted by molar-refractivity contribution is 7.92. The highest BCUT2D eigenvalue weighted by atomic mass is 32.2. The zero-order valence-electron chi connectivity index (χ0n) is 12.9. The summed E-state index contributed by atoms with van der Waals surface area (Å²) >= 11 is 0. The molecule has 124 valence electrons. The zero-order valence-corrected chi connectivity index (χ0v) is 13.7. The molecular formula is C15H20N4O3S. The van der Waals surface area contributed by atoms with Gasteiger partial charge in [-0.15, -0.1) is 0 Å². The number of aromatic nitrogens is 2. The third-order valence-electron chi connectivity index (χ3n) is 4.02. The fourth-order valence-corrected chi connectivity index (χ4v) is 3.65. The number of sulfonamides is 1. The Morgan fingerprint density at radius 3 is 2.52 bits per heavy atom. The first-order valence-corrected chi connectivity index (χ1v) is 8.96. The van der Waals surface area contributed by atoms with Gasteiger partial charge in [-0.25, -0.2) is 4.98 Å². The summed E-state index contributed by atoms with van der Waals surface area (Å²) in [6, 6.07) is 7.40. The number of H-pyrrole nitrogens is 1. The lowest BCUT2D eigenvalue weighted by Gasteiger charge is -2.33. The van der Waals surface area contributed by atoms with Gasteiger partial charge in [-0.05, 0) is 37.1 Å². The zero-order chi connectivity index (χ0) is 16.3. The number of nitrogens with zero attached hydrogens (tertiary/aromatic N) is 2. The van der Waals surface area contributed by atoms with Crippen molar-refractivity contribution in [1.29, 1.82) is 0 Å². The van der Waals surface area contributed by atoms with Crippen LogP contribution in [0.3, 0.4) is 0 Å². The summed E-state index contributed by atoms with van der Waals surface area (Å²) in [4.78, 5) is 8.60. The molecule has 1 aromatic carbocycles. The monoisotopic (exact) mass is 336 g/mol. The van der Waals surface area contributed by atoms with E-state index in [9.17, 15) is 8.42 Å². The maximum Gasteiger partial charge on any atom is 0.278 e. The van der Waals surface area contributed by atoms with Gasteiger partial charge < -0.3 is 14.6 Å². The standard InChI is InChI=1S/C15H20N4O3S/c1-22-14-6-8-19(9-7-14)13-4-2-12(3-5-13)18-23(20,21)15-10-16-11-17-15/h2-5,10-11,14,18H,6-9H2,1H3,(H,16,17). The molecule has 1 aromatic heterocycles. The van der Waals surface area contributed by atoms with Gasteiger partial charge in [-0.2, -0.15) is 8.42 Å². The molecule has 0 saturated carbocycles. The Morgan fingerprint density at radius 1 is 1.26 bits per heavy atom. The number of hydrogen-bond donors (Lipinski definition) is 2. The summed E-state index contributed by atoms with van der Waals surface area (Å²) in [5.41, 5.74) is 1.61. The van der Waals surface area contributed by atoms with Crippen molar-refractivity contribution < 1.29 is 13.2 Å². The summed E-state index contributed by atoms with van der Waals surface area (Å²) in [6.45, 7) is 1.88. The summed E-state index contributed by atoms with van der Waals surface area (Å²) in [5.74, 6) is 0. The highest BCUT2D eigenvalue weighted by Crippen LogP contribution is 2.23. The minimum absolute atomic E-state index is 0.0446. The first-order valence-electron chi connectivity index (χ1n) is 7.47. The first-order chi connectivity index (χ1) is 11.1. The second-order valence-corrected chi connectivity index (χ2v) is 7.14. The van der Waals surface area contributed by atoms with Crippen LogP contribution in [0.4, 0.5) is 11.4 Å². The number of anilines is 2. The molecule has 23 heavy (non-hydrogen) atoms. The number of piperidine rings is 1. The predicted molar refractivity (Wildman–Crippen MR) is 88.1 cm³/mol. The molecule has 2 heterocycles. The van der Waals surface area contributed by atoms with Crippen molar-refractivity contribution in [2.45, 2.75) is 24.0 Å². The quantitative estimate of drug-likeness (QED) is 0.870. The van der Waals surface area contributed by atoms with Gasteiger partial charge in [0.05, 0.1) is 18.6 Å². The lowest BCUT2D eigenvalue weighted by molar-refractivity contribution is 0.0819. The number of ether oxygens (including phenoxy) is 1. The van der Waals surface area contributed by atoms with Crippen LogP contribution in [-0.2, 0) is 14.8 Å². The number of imidazole rings is 1. The lowest BCUT2D eigenvalue weighted by atomic mass is 10.1. The van der Waals surface area contributed by atoms with Crippen molar-refractivity contribution in [2.75, 3.05) is 29.8 Å². The Morgan fingerprint density at radius 2 is 1.96 bits per heavy atom. The molecule has 2 N–H and O–H groups in total. The number of rotatable bonds is 5. The molecule has 7 nitrogen and oxygen atoms in total. The summed E-state index contributed by atoms with van der Waals surface area (Å²) in [6.07, 6.45) is 4.96. The van der Waals surface area contributed by atoms with E-state index in [4.69, 9.17) is 4.74 Å². The molecule has 0 spiro atoms. The number of methoxy groups -OCH3 is 1. The van der Waals surface area contributed by atoms with Crippen LogP contribution in [0.25, 0.3) is 0 Å². The van der Waals surface area contributed by atoms with Crippen molar-refractivity contribution in [2.24, 2.45) is 0 Å². The first kappa shape index (κ1) is 15.8. The van der Waals surface area contributed by atoms with Crippen LogP contribution in [0.15, 0.2) is 41.8 Å². The Kier molecular flexibility index (Phi) is 4.53. The van der Waals surface area contributed by atoms with Gasteiger partial charge >= 0.3 is 0 Å². The molecule has 3 rings (SSSR count). The normalized spacial score (nSPS) is 16.5. The van der Waals surface area contributed by atoms with Crippen LogP contribution >= 0.6 is 0 Å². The third kappa shape index (κ3) is 3.65. The molecule has 0 radical (unpaired) electrons. The van der Waals surface area contributed by atoms with E-state index in [-0.39, 0.29) is 5.03 Å². The van der Waals surface area contributed by atoms with Crippen molar-refractivity contribution in [3.05, 3.63) is 36.8 Å². The van der Waals surface area contributed by atoms with E-state index in [2.05, 4.69) is 19.6 Å². The molecule has 0 bridgehead atoms. The van der Waals surface area contributed by atoms with Crippen LogP contribution in [0.2, 0.25) is 0 Å². The van der Waals surface area contributed by atoms with Gasteiger partial charge in [-0.1, -0.05) is 0 Å². The molecule has 0 amide bonds. The minimum atomic E-state index is -3.62. The van der Waals surface area contributed by atoms with Gasteiger partial charge in [0.1, 0.15) is 0 Å². The second-order valence-electron chi connectivity index (χ2n) is 5.49. The van der Waals surface area contributed by atoms with E-state index in [1.165, 1.54) is 12.5 Å². The van der Waals surface area contributed by atoms with Gasteiger partial charge in [0.25, 0.3) is 10.0 Å². The average Bonchev–Trinajstić information content (AvgIpc) is 3.11. The Labute approximate surface area is 135 Å². The molecule has 2 aromatic rings. The number of aromatic amines is 1. The molecule has 0 unspecified atom stereocenters. The predicted octanol–water partition coefficient (Wildman–Crippen LogP) is 1.83. The van der Waals surface area contributed by atoms with E-state index in [1.807, 2.05) is 12.1 Å². The highest BCUT2D eigenvalue weighted by Gasteiger charge is 2.19. The number of nitrogens with one attached hydrogen (secondary N) is 2. The molecule has 0 atom stereocenters. The Hall–Kier alpha value is -2.06. The molecule has 8 heteroatoms. The minimum Gasteiger partial charge on any atom is -0.381 e. The molecule has 0 aliphatic carbocycles. The van der Waals surface area contributed by atoms with E-state index < -0.39 is 10.0 Å². The molecule has 1 aliphatic rings. The Balaban J connectivity index is 1.66. The second kappa shape index (κ2) is 6.59. The topological polar surface area (TPSA) is 87.3 Å². The Bertz CT molecular complexity index is 721. The average molecular weight is 336 g/mol. The number of hydrogen-bond acceptors (Lipinski definition) is 5. The van der Waals surface area contributed by atoms with Gasteiger partial charge in [0.2, 0.25) is 0 Å². The van der Waals surface area contributed by atoms with Crippen LogP contribution in [0.1, 0.15) is 12.8 Å². The lowest BCUT2D eigenvalue weighted by Crippen LogP contribution is -2.36. The molecule has 1 fully saturated rings. The van der Waals surface area contributed by atoms with Crippen LogP contribution in [0.5, 0.6) is 0 Å². The molecule has 1 saturated heterocycles. The van der Waals surface area contributed by atoms with Gasteiger partial charge in [0.15, 0.2) is 5.03 Å². The summed E-state index contributed by atoms with van der Waals surface area (Å²) in [7, 11) is -1.87. The van der Waals surface area contributed by atoms with E-state index in [0.717, 1.165) is 31.6 Å². The van der Waals surface area contributed by atoms with Gasteiger partial charge in [-0.3, -0.25) is 4.72 Å². The molecule has 1 aliphatic heterocycles. The van der Waals surface area contributed by atoms with E-state index in [1.54, 1.807) is 19.2 Å². The van der Waals surface area contributed by atoms with Crippen LogP contribution < -0.4 is 9.62 Å². The van der Waals surface area contributed by atoms with Crippen molar-refractivity contribution in [3.8, 4) is 0 Å². The van der Waals surface area contributed by atoms with Crippen molar-refractivity contribution in [3.63, 3.8) is 0 Å². The van der Waals surface area contributed by atoms with E-state index >= 15 is 0 Å². The maximum absolute atomic E-state index is 12.1. The maximum atomic E-state index is 12.1. The van der Waals surface area contributed by atoms with Crippen molar-refractivity contribution in [1.82, 2.24) is 9.97 Å². The van der Waals surface area contributed by atoms with E-state index in [0.29, 0.717) is 11.8 Å². The number of benzene rings is 1. The summed E-state index contributed by atoms with van der Waals surface area (Å²) in [5, 5.41) is 0.0446. The van der Waals surface area contributed by atoms with Crippen LogP contribution in [-0.4, -0.2) is 44.7 Å². The molecular weight excluding hydrogens is 316 g/mol.